The van der Waals surface area contributed by atoms with Crippen LogP contribution in [0.15, 0.2) is 30.3 Å². The SMILES string of the molecule is NCCCN1CC=C(c2cccc(F)c2)CC1. The first kappa shape index (κ1) is 12.3. The summed E-state index contributed by atoms with van der Waals surface area (Å²) in [5.41, 5.74) is 7.77. The van der Waals surface area contributed by atoms with Crippen LogP contribution in [-0.2, 0) is 0 Å². The molecule has 1 aromatic rings. The van der Waals surface area contributed by atoms with Crippen LogP contribution >= 0.6 is 0 Å². The summed E-state index contributed by atoms with van der Waals surface area (Å²) in [4.78, 5) is 2.38. The molecule has 3 heteroatoms. The molecule has 2 rings (SSSR count). The van der Waals surface area contributed by atoms with Crippen molar-refractivity contribution in [3.8, 4) is 0 Å². The highest BCUT2D eigenvalue weighted by Crippen LogP contribution is 2.22. The normalized spacial score (nSPS) is 16.9. The summed E-state index contributed by atoms with van der Waals surface area (Å²) in [7, 11) is 0. The van der Waals surface area contributed by atoms with Gasteiger partial charge in [0.2, 0.25) is 0 Å². The van der Waals surface area contributed by atoms with Crippen LogP contribution in [0.5, 0.6) is 0 Å². The zero-order valence-electron chi connectivity index (χ0n) is 10.0. The van der Waals surface area contributed by atoms with Crippen molar-refractivity contribution in [3.63, 3.8) is 0 Å². The lowest BCUT2D eigenvalue weighted by atomic mass is 9.99. The first-order chi connectivity index (χ1) is 8.29. The van der Waals surface area contributed by atoms with Gasteiger partial charge in [-0.05, 0) is 49.2 Å². The standard InChI is InChI=1S/C14H19FN2/c15-14-4-1-3-13(11-14)12-5-9-17(10-6-12)8-2-7-16/h1,3-5,11H,2,6-10,16H2. The molecule has 0 fully saturated rings. The van der Waals surface area contributed by atoms with E-state index in [1.165, 1.54) is 11.6 Å². The van der Waals surface area contributed by atoms with E-state index in [2.05, 4.69) is 11.0 Å². The van der Waals surface area contributed by atoms with E-state index in [1.54, 1.807) is 12.1 Å². The lowest BCUT2D eigenvalue weighted by molar-refractivity contribution is 0.300. The maximum absolute atomic E-state index is 13.1. The minimum Gasteiger partial charge on any atom is -0.330 e. The van der Waals surface area contributed by atoms with Crippen LogP contribution in [-0.4, -0.2) is 31.1 Å². The zero-order chi connectivity index (χ0) is 12.1. The van der Waals surface area contributed by atoms with Crippen molar-refractivity contribution in [2.75, 3.05) is 26.2 Å². The van der Waals surface area contributed by atoms with Crippen LogP contribution in [0.4, 0.5) is 4.39 Å². The second-order valence-corrected chi connectivity index (χ2v) is 4.43. The maximum Gasteiger partial charge on any atom is 0.123 e. The molecule has 0 saturated heterocycles. The number of rotatable bonds is 4. The molecule has 0 radical (unpaired) electrons. The Kier molecular flexibility index (Phi) is 4.29. The fourth-order valence-electron chi connectivity index (χ4n) is 2.18. The first-order valence-corrected chi connectivity index (χ1v) is 6.17. The lowest BCUT2D eigenvalue weighted by Crippen LogP contribution is -2.30. The third-order valence-corrected chi connectivity index (χ3v) is 3.17. The molecule has 17 heavy (non-hydrogen) atoms. The van der Waals surface area contributed by atoms with Gasteiger partial charge in [0.1, 0.15) is 5.82 Å². The summed E-state index contributed by atoms with van der Waals surface area (Å²) in [6.07, 6.45) is 4.24. The number of halogens is 1. The fraction of sp³-hybridized carbons (Fsp3) is 0.429. The van der Waals surface area contributed by atoms with Crippen molar-refractivity contribution in [1.29, 1.82) is 0 Å². The van der Waals surface area contributed by atoms with Gasteiger partial charge in [-0.1, -0.05) is 18.2 Å². The van der Waals surface area contributed by atoms with E-state index in [4.69, 9.17) is 5.73 Å². The minimum atomic E-state index is -0.158. The molecule has 1 aliphatic rings. The third-order valence-electron chi connectivity index (χ3n) is 3.17. The Labute approximate surface area is 102 Å². The summed E-state index contributed by atoms with van der Waals surface area (Å²) in [6, 6.07) is 6.85. The lowest BCUT2D eigenvalue weighted by Gasteiger charge is -2.26. The maximum atomic E-state index is 13.1. The van der Waals surface area contributed by atoms with Gasteiger partial charge in [0, 0.05) is 13.1 Å². The van der Waals surface area contributed by atoms with Crippen molar-refractivity contribution in [2.24, 2.45) is 5.73 Å². The van der Waals surface area contributed by atoms with Gasteiger partial charge in [0.05, 0.1) is 0 Å². The Bertz CT molecular complexity index is 401. The molecule has 2 N–H and O–H groups in total. The molecule has 0 spiro atoms. The van der Waals surface area contributed by atoms with Crippen LogP contribution in [0.2, 0.25) is 0 Å². The van der Waals surface area contributed by atoms with Gasteiger partial charge in [0.25, 0.3) is 0 Å². The van der Waals surface area contributed by atoms with Crippen LogP contribution in [0.25, 0.3) is 5.57 Å². The van der Waals surface area contributed by atoms with E-state index in [1.807, 2.05) is 6.07 Å². The Balaban J connectivity index is 1.98. The Morgan fingerprint density at radius 2 is 2.24 bits per heavy atom. The van der Waals surface area contributed by atoms with E-state index in [9.17, 15) is 4.39 Å². The van der Waals surface area contributed by atoms with Crippen molar-refractivity contribution >= 4 is 5.57 Å². The molecule has 0 aromatic heterocycles. The molecular formula is C14H19FN2. The predicted molar refractivity (Wildman–Crippen MR) is 69.1 cm³/mol. The molecule has 0 bridgehead atoms. The molecular weight excluding hydrogens is 215 g/mol. The summed E-state index contributed by atoms with van der Waals surface area (Å²) < 4.78 is 13.1. The van der Waals surface area contributed by atoms with E-state index in [0.29, 0.717) is 0 Å². The average molecular weight is 234 g/mol. The van der Waals surface area contributed by atoms with Crippen LogP contribution in [0.1, 0.15) is 18.4 Å². The molecule has 0 aliphatic carbocycles. The highest BCUT2D eigenvalue weighted by molar-refractivity contribution is 5.66. The number of nitrogens with zero attached hydrogens (tertiary/aromatic N) is 1. The fourth-order valence-corrected chi connectivity index (χ4v) is 2.18. The Hall–Kier alpha value is -1.19. The number of nitrogens with two attached hydrogens (primary N) is 1. The van der Waals surface area contributed by atoms with Gasteiger partial charge in [0.15, 0.2) is 0 Å². The van der Waals surface area contributed by atoms with E-state index < -0.39 is 0 Å². The molecule has 0 saturated carbocycles. The molecule has 0 unspecified atom stereocenters. The number of benzene rings is 1. The van der Waals surface area contributed by atoms with Gasteiger partial charge in [-0.2, -0.15) is 0 Å². The molecule has 1 aromatic carbocycles. The summed E-state index contributed by atoms with van der Waals surface area (Å²) in [5.74, 6) is -0.158. The van der Waals surface area contributed by atoms with E-state index in [0.717, 1.165) is 44.6 Å². The van der Waals surface area contributed by atoms with Crippen molar-refractivity contribution in [2.45, 2.75) is 12.8 Å². The summed E-state index contributed by atoms with van der Waals surface area (Å²) in [6.45, 7) is 3.80. The smallest absolute Gasteiger partial charge is 0.123 e. The molecule has 92 valence electrons. The molecule has 0 amide bonds. The van der Waals surface area contributed by atoms with Gasteiger partial charge >= 0.3 is 0 Å². The number of hydrogen-bond donors (Lipinski definition) is 1. The Morgan fingerprint density at radius 1 is 1.35 bits per heavy atom. The van der Waals surface area contributed by atoms with Crippen molar-refractivity contribution in [3.05, 3.63) is 41.7 Å². The molecule has 1 heterocycles. The summed E-state index contributed by atoms with van der Waals surface area (Å²) in [5, 5.41) is 0. The van der Waals surface area contributed by atoms with Crippen molar-refractivity contribution in [1.82, 2.24) is 4.90 Å². The van der Waals surface area contributed by atoms with Crippen molar-refractivity contribution < 1.29 is 4.39 Å². The highest BCUT2D eigenvalue weighted by atomic mass is 19.1. The van der Waals surface area contributed by atoms with Crippen LogP contribution in [0, 0.1) is 5.82 Å². The van der Waals surface area contributed by atoms with Crippen LogP contribution < -0.4 is 5.73 Å². The number of hydrogen-bond acceptors (Lipinski definition) is 2. The molecule has 0 atom stereocenters. The minimum absolute atomic E-state index is 0.158. The van der Waals surface area contributed by atoms with Gasteiger partial charge in [-0.25, -0.2) is 4.39 Å². The first-order valence-electron chi connectivity index (χ1n) is 6.17. The van der Waals surface area contributed by atoms with E-state index >= 15 is 0 Å². The largest absolute Gasteiger partial charge is 0.330 e. The predicted octanol–water partition coefficient (Wildman–Crippen LogP) is 2.26. The molecule has 2 nitrogen and oxygen atoms in total. The summed E-state index contributed by atoms with van der Waals surface area (Å²) >= 11 is 0. The quantitative estimate of drug-likeness (QED) is 0.866. The third kappa shape index (κ3) is 3.38. The monoisotopic (exact) mass is 234 g/mol. The van der Waals surface area contributed by atoms with Crippen LogP contribution in [0.3, 0.4) is 0 Å². The topological polar surface area (TPSA) is 29.3 Å². The van der Waals surface area contributed by atoms with Gasteiger partial charge in [-0.3, -0.25) is 4.90 Å². The average Bonchev–Trinajstić information content (AvgIpc) is 2.37. The Morgan fingerprint density at radius 3 is 2.88 bits per heavy atom. The second kappa shape index (κ2) is 5.94. The van der Waals surface area contributed by atoms with Gasteiger partial charge < -0.3 is 5.73 Å². The second-order valence-electron chi connectivity index (χ2n) is 4.43. The zero-order valence-corrected chi connectivity index (χ0v) is 10.0. The van der Waals surface area contributed by atoms with E-state index in [-0.39, 0.29) is 5.82 Å². The molecule has 1 aliphatic heterocycles. The highest BCUT2D eigenvalue weighted by Gasteiger charge is 2.12. The van der Waals surface area contributed by atoms with Gasteiger partial charge in [-0.15, -0.1) is 0 Å².